The lowest BCUT2D eigenvalue weighted by atomic mass is 9.89. The average molecular weight is 376 g/mol. The van der Waals surface area contributed by atoms with E-state index >= 15 is 0 Å². The second-order valence-electron chi connectivity index (χ2n) is 6.41. The minimum atomic E-state index is -0.0273. The molecule has 3 aromatic heterocycles. The molecule has 0 spiro atoms. The van der Waals surface area contributed by atoms with Gasteiger partial charge in [-0.05, 0) is 31.0 Å². The molecule has 1 aliphatic rings. The van der Waals surface area contributed by atoms with Crippen LogP contribution in [0.4, 0.5) is 0 Å². The first-order chi connectivity index (χ1) is 12.3. The van der Waals surface area contributed by atoms with E-state index in [0.29, 0.717) is 28.8 Å². The van der Waals surface area contributed by atoms with Gasteiger partial charge in [0.2, 0.25) is 0 Å². The quantitative estimate of drug-likeness (QED) is 0.677. The summed E-state index contributed by atoms with van der Waals surface area (Å²) >= 11 is 2.99. The minimum Gasteiger partial charge on any atom is -0.336 e. The van der Waals surface area contributed by atoms with E-state index < -0.39 is 0 Å². The molecule has 0 aliphatic heterocycles. The van der Waals surface area contributed by atoms with E-state index in [-0.39, 0.29) is 5.56 Å². The fourth-order valence-corrected chi connectivity index (χ4v) is 5.02. The Balaban J connectivity index is 1.78. The lowest BCUT2D eigenvalue weighted by Crippen LogP contribution is -2.23. The highest BCUT2D eigenvalue weighted by Gasteiger charge is 2.22. The van der Waals surface area contributed by atoms with Crippen molar-refractivity contribution in [3.63, 3.8) is 0 Å². The first kappa shape index (κ1) is 16.8. The van der Waals surface area contributed by atoms with Crippen LogP contribution in [-0.2, 0) is 6.54 Å². The van der Waals surface area contributed by atoms with E-state index in [1.807, 2.05) is 5.38 Å². The number of aromatic nitrogens is 5. The number of H-pyrrole nitrogens is 1. The molecule has 1 fully saturated rings. The first-order valence-electron chi connectivity index (χ1n) is 8.84. The molecule has 0 unspecified atom stereocenters. The van der Waals surface area contributed by atoms with E-state index in [1.54, 1.807) is 22.1 Å². The Morgan fingerprint density at radius 2 is 2.16 bits per heavy atom. The molecule has 3 aromatic rings. The van der Waals surface area contributed by atoms with Crippen molar-refractivity contribution in [2.45, 2.75) is 67.4 Å². The fraction of sp³-hybridized carbons (Fsp3) is 0.529. The number of thiazole rings is 1. The summed E-state index contributed by atoms with van der Waals surface area (Å²) in [6, 6.07) is 0. The molecule has 1 saturated carbocycles. The van der Waals surface area contributed by atoms with Gasteiger partial charge in [-0.2, -0.15) is 0 Å². The second kappa shape index (κ2) is 7.29. The van der Waals surface area contributed by atoms with Crippen molar-refractivity contribution in [2.24, 2.45) is 0 Å². The van der Waals surface area contributed by atoms with Crippen molar-refractivity contribution < 1.29 is 0 Å². The van der Waals surface area contributed by atoms with Crippen molar-refractivity contribution in [2.75, 3.05) is 0 Å². The summed E-state index contributed by atoms with van der Waals surface area (Å²) in [4.78, 5) is 29.9. The maximum Gasteiger partial charge on any atom is 0.280 e. The number of hydrogen-bond acceptors (Lipinski definition) is 6. The van der Waals surface area contributed by atoms with Crippen LogP contribution in [-0.4, -0.2) is 24.5 Å². The van der Waals surface area contributed by atoms with Gasteiger partial charge in [0, 0.05) is 24.0 Å². The molecular formula is C17H21N5OS2. The smallest absolute Gasteiger partial charge is 0.280 e. The second-order valence-corrected chi connectivity index (χ2v) is 8.52. The first-order valence-corrected chi connectivity index (χ1v) is 10.5. The van der Waals surface area contributed by atoms with Crippen molar-refractivity contribution in [1.82, 2.24) is 24.5 Å². The van der Waals surface area contributed by atoms with Gasteiger partial charge in [-0.25, -0.2) is 15.0 Å². The molecular weight excluding hydrogens is 354 g/mol. The molecule has 0 radical (unpaired) electrons. The van der Waals surface area contributed by atoms with Crippen LogP contribution in [0.3, 0.4) is 0 Å². The van der Waals surface area contributed by atoms with Crippen LogP contribution >= 0.6 is 23.1 Å². The molecule has 0 amide bonds. The lowest BCUT2D eigenvalue weighted by molar-refractivity contribution is 0.431. The van der Waals surface area contributed by atoms with E-state index in [9.17, 15) is 4.79 Å². The Morgan fingerprint density at radius 1 is 1.32 bits per heavy atom. The van der Waals surface area contributed by atoms with E-state index in [0.717, 1.165) is 29.4 Å². The third-order valence-electron chi connectivity index (χ3n) is 4.62. The van der Waals surface area contributed by atoms with Gasteiger partial charge < -0.3 is 4.98 Å². The Bertz CT molecular complexity index is 909. The Kier molecular flexibility index (Phi) is 4.89. The molecule has 6 nitrogen and oxygen atoms in total. The van der Waals surface area contributed by atoms with Crippen molar-refractivity contribution in [3.8, 4) is 0 Å². The van der Waals surface area contributed by atoms with Gasteiger partial charge in [0.25, 0.3) is 5.56 Å². The van der Waals surface area contributed by atoms with E-state index in [4.69, 9.17) is 4.98 Å². The van der Waals surface area contributed by atoms with Gasteiger partial charge in [0.15, 0.2) is 20.7 Å². The maximum absolute atomic E-state index is 13.0. The van der Waals surface area contributed by atoms with Gasteiger partial charge in [0.1, 0.15) is 5.82 Å². The van der Waals surface area contributed by atoms with Gasteiger partial charge in [-0.3, -0.25) is 9.36 Å². The topological polar surface area (TPSA) is 76.5 Å². The Morgan fingerprint density at radius 3 is 2.88 bits per heavy atom. The number of imidazole rings is 1. The average Bonchev–Trinajstić information content (AvgIpc) is 3.29. The molecule has 4 rings (SSSR count). The van der Waals surface area contributed by atoms with Crippen LogP contribution in [0.2, 0.25) is 0 Å². The number of rotatable bonds is 5. The number of nitrogens with zero attached hydrogens (tertiary/aromatic N) is 4. The van der Waals surface area contributed by atoms with E-state index in [1.165, 1.54) is 31.0 Å². The molecule has 0 bridgehead atoms. The lowest BCUT2D eigenvalue weighted by Gasteiger charge is -2.18. The molecule has 132 valence electrons. The molecule has 0 atom stereocenters. The summed E-state index contributed by atoms with van der Waals surface area (Å²) in [6.45, 7) is 2.71. The zero-order valence-corrected chi connectivity index (χ0v) is 15.8. The molecule has 0 aromatic carbocycles. The van der Waals surface area contributed by atoms with Crippen LogP contribution in [0.1, 0.15) is 57.2 Å². The predicted octanol–water partition coefficient (Wildman–Crippen LogP) is 4.19. The molecule has 3 heterocycles. The Labute approximate surface area is 154 Å². The number of aromatic amines is 1. The zero-order chi connectivity index (χ0) is 17.2. The minimum absolute atomic E-state index is 0.0273. The van der Waals surface area contributed by atoms with Crippen molar-refractivity contribution in [1.29, 1.82) is 0 Å². The highest BCUT2D eigenvalue weighted by Crippen LogP contribution is 2.32. The van der Waals surface area contributed by atoms with Gasteiger partial charge in [-0.1, -0.05) is 26.2 Å². The number of fused-ring (bicyclic) bond motifs is 1. The van der Waals surface area contributed by atoms with Crippen LogP contribution in [0.15, 0.2) is 25.9 Å². The van der Waals surface area contributed by atoms with Gasteiger partial charge in [0.05, 0.1) is 0 Å². The third kappa shape index (κ3) is 3.37. The normalized spacial score (nSPS) is 15.9. The number of nitrogens with one attached hydrogen (secondary N) is 1. The van der Waals surface area contributed by atoms with Crippen molar-refractivity contribution in [3.05, 3.63) is 27.8 Å². The Hall–Kier alpha value is -1.67. The molecule has 0 saturated heterocycles. The zero-order valence-electron chi connectivity index (χ0n) is 14.2. The van der Waals surface area contributed by atoms with Gasteiger partial charge >= 0.3 is 0 Å². The van der Waals surface area contributed by atoms with Gasteiger partial charge in [-0.15, -0.1) is 11.3 Å². The number of hydrogen-bond donors (Lipinski definition) is 1. The SMILES string of the molecule is CCCn1c(Sc2nccs2)nc2nc(C3CCCCC3)[nH]c2c1=O. The monoisotopic (exact) mass is 375 g/mol. The summed E-state index contributed by atoms with van der Waals surface area (Å²) in [6.07, 6.45) is 8.70. The summed E-state index contributed by atoms with van der Waals surface area (Å²) < 4.78 is 2.64. The summed E-state index contributed by atoms with van der Waals surface area (Å²) in [7, 11) is 0. The molecule has 25 heavy (non-hydrogen) atoms. The van der Waals surface area contributed by atoms with Crippen molar-refractivity contribution >= 4 is 34.3 Å². The standard InChI is InChI=1S/C17H21N5OS2/c1-2-9-22-15(23)12-14(21-16(22)25-17-18-8-10-24-17)20-13(19-12)11-6-4-3-5-7-11/h8,10-11H,2-7,9H2,1H3,(H,19,20). The molecule has 1 N–H and O–H groups in total. The third-order valence-corrected chi connectivity index (χ3v) is 6.50. The van der Waals surface area contributed by atoms with E-state index in [2.05, 4.69) is 21.9 Å². The maximum atomic E-state index is 13.0. The van der Waals surface area contributed by atoms with Crippen LogP contribution < -0.4 is 5.56 Å². The van der Waals surface area contributed by atoms with Crippen LogP contribution in [0, 0.1) is 0 Å². The largest absolute Gasteiger partial charge is 0.336 e. The van der Waals surface area contributed by atoms with Crippen LogP contribution in [0.25, 0.3) is 11.2 Å². The summed E-state index contributed by atoms with van der Waals surface area (Å²) in [5.41, 5.74) is 1.05. The summed E-state index contributed by atoms with van der Waals surface area (Å²) in [5, 5.41) is 2.61. The highest BCUT2D eigenvalue weighted by atomic mass is 32.2. The summed E-state index contributed by atoms with van der Waals surface area (Å²) in [5.74, 6) is 1.36. The molecule has 1 aliphatic carbocycles. The molecule has 8 heteroatoms. The predicted molar refractivity (Wildman–Crippen MR) is 101 cm³/mol. The fourth-order valence-electron chi connectivity index (χ4n) is 3.39. The van der Waals surface area contributed by atoms with Crippen LogP contribution in [0.5, 0.6) is 0 Å². The highest BCUT2D eigenvalue weighted by molar-refractivity contribution is 8.00.